The Bertz CT molecular complexity index is 847. The highest BCUT2D eigenvalue weighted by Crippen LogP contribution is 2.14. The molecule has 0 atom stereocenters. The first-order valence-corrected chi connectivity index (χ1v) is 7.79. The molecule has 3 rings (SSSR count). The van der Waals surface area contributed by atoms with E-state index in [2.05, 4.69) is 15.5 Å². The molecule has 0 radical (unpaired) electrons. The largest absolute Gasteiger partial charge is 0.331 e. The lowest BCUT2D eigenvalue weighted by molar-refractivity contribution is -0.120. The average molecular weight is 312 g/mol. The van der Waals surface area contributed by atoms with Crippen molar-refractivity contribution < 1.29 is 4.79 Å². The summed E-state index contributed by atoms with van der Waals surface area (Å²) in [7, 11) is 1.91. The maximum absolute atomic E-state index is 12.0. The zero-order chi connectivity index (χ0) is 15.5. The number of amides is 1. The smallest absolute Gasteiger partial charge is 0.247 e. The van der Waals surface area contributed by atoms with Gasteiger partial charge >= 0.3 is 0 Å². The molecule has 3 aromatic rings. The van der Waals surface area contributed by atoms with E-state index >= 15 is 0 Å². The fourth-order valence-electron chi connectivity index (χ4n) is 2.22. The predicted molar refractivity (Wildman–Crippen MR) is 89.2 cm³/mol. The Morgan fingerprint density at radius 3 is 2.95 bits per heavy atom. The van der Waals surface area contributed by atoms with Crippen molar-refractivity contribution in [1.82, 2.24) is 15.0 Å². The van der Waals surface area contributed by atoms with Crippen LogP contribution in [0.5, 0.6) is 0 Å². The first kappa shape index (κ1) is 14.5. The summed E-state index contributed by atoms with van der Waals surface area (Å²) in [6.07, 6.45) is 1.87. The second-order valence-electron chi connectivity index (χ2n) is 5.01. The van der Waals surface area contributed by atoms with Crippen LogP contribution in [0.3, 0.4) is 0 Å². The molecule has 1 amide bonds. The number of aryl methyl sites for hydroxylation is 2. The van der Waals surface area contributed by atoms with Gasteiger partial charge in [-0.25, -0.2) is 10.4 Å². The lowest BCUT2D eigenvalue weighted by Gasteiger charge is -2.01. The lowest BCUT2D eigenvalue weighted by Crippen LogP contribution is -2.21. The van der Waals surface area contributed by atoms with E-state index in [1.165, 1.54) is 0 Å². The standard InChI is InChI=1S/C16H16N4OS/c1-11-7-8-22-14(11)10-17-19-16(21)9-15-18-12-5-3-4-6-13(12)20(15)2/h3-8,10H,9H2,1-2H3,(H,19,21)/b17-10+. The molecule has 6 heteroatoms. The van der Waals surface area contributed by atoms with Crippen LogP contribution in [0.15, 0.2) is 40.8 Å². The number of hydrogen-bond acceptors (Lipinski definition) is 4. The summed E-state index contributed by atoms with van der Waals surface area (Å²) in [5.74, 6) is 0.546. The predicted octanol–water partition coefficient (Wildman–Crippen LogP) is 2.64. The number of carbonyl (C=O) groups is 1. The third-order valence-corrected chi connectivity index (χ3v) is 4.42. The number of benzene rings is 1. The Labute approximate surface area is 132 Å². The number of imidazole rings is 1. The number of hydrogen-bond donors (Lipinski definition) is 1. The van der Waals surface area contributed by atoms with Gasteiger partial charge in [0.25, 0.3) is 0 Å². The molecular formula is C16H16N4OS. The Balaban J connectivity index is 1.67. The van der Waals surface area contributed by atoms with E-state index in [1.807, 2.05) is 54.3 Å². The van der Waals surface area contributed by atoms with Crippen molar-refractivity contribution in [2.45, 2.75) is 13.3 Å². The molecule has 2 aromatic heterocycles. The van der Waals surface area contributed by atoms with Gasteiger partial charge in [-0.05, 0) is 36.1 Å². The van der Waals surface area contributed by atoms with Crippen molar-refractivity contribution in [2.24, 2.45) is 12.1 Å². The molecule has 1 aromatic carbocycles. The molecule has 2 heterocycles. The number of rotatable bonds is 4. The van der Waals surface area contributed by atoms with Crippen molar-refractivity contribution in [3.05, 3.63) is 52.0 Å². The zero-order valence-electron chi connectivity index (χ0n) is 12.4. The van der Waals surface area contributed by atoms with Crippen molar-refractivity contribution in [3.63, 3.8) is 0 Å². The van der Waals surface area contributed by atoms with Gasteiger partial charge in [0.05, 0.1) is 23.7 Å². The Morgan fingerprint density at radius 1 is 1.41 bits per heavy atom. The van der Waals surface area contributed by atoms with Crippen LogP contribution in [-0.2, 0) is 18.3 Å². The number of hydrazone groups is 1. The summed E-state index contributed by atoms with van der Waals surface area (Å²) < 4.78 is 1.93. The topological polar surface area (TPSA) is 59.3 Å². The molecule has 0 aliphatic rings. The molecule has 22 heavy (non-hydrogen) atoms. The number of thiophene rings is 1. The normalized spacial score (nSPS) is 11.4. The molecule has 1 N–H and O–H groups in total. The maximum atomic E-state index is 12.0. The van der Waals surface area contributed by atoms with E-state index in [4.69, 9.17) is 0 Å². The summed E-state index contributed by atoms with van der Waals surface area (Å²) in [5, 5.41) is 6.00. The molecule has 0 bridgehead atoms. The number of para-hydroxylation sites is 2. The minimum absolute atomic E-state index is 0.177. The third kappa shape index (κ3) is 2.92. The molecule has 112 valence electrons. The molecule has 0 aliphatic carbocycles. The second-order valence-corrected chi connectivity index (χ2v) is 5.96. The number of nitrogens with zero attached hydrogens (tertiary/aromatic N) is 3. The molecule has 0 saturated heterocycles. The van der Waals surface area contributed by atoms with Crippen molar-refractivity contribution in [3.8, 4) is 0 Å². The van der Waals surface area contributed by atoms with Gasteiger partial charge < -0.3 is 4.57 Å². The van der Waals surface area contributed by atoms with Crippen LogP contribution in [0.2, 0.25) is 0 Å². The van der Waals surface area contributed by atoms with E-state index in [0.29, 0.717) is 0 Å². The van der Waals surface area contributed by atoms with Gasteiger partial charge in [-0.15, -0.1) is 11.3 Å². The minimum atomic E-state index is -0.177. The summed E-state index contributed by atoms with van der Waals surface area (Å²) in [6, 6.07) is 9.84. The lowest BCUT2D eigenvalue weighted by atomic mass is 10.3. The molecule has 5 nitrogen and oxygen atoms in total. The summed E-state index contributed by atoms with van der Waals surface area (Å²) in [6.45, 7) is 2.01. The fraction of sp³-hybridized carbons (Fsp3) is 0.188. The SMILES string of the molecule is Cc1ccsc1/C=N/NC(=O)Cc1nc2ccccc2n1C. The average Bonchev–Trinajstić information content (AvgIpc) is 3.04. The molecule has 0 aliphatic heterocycles. The summed E-state index contributed by atoms with van der Waals surface area (Å²) in [4.78, 5) is 17.5. The van der Waals surface area contributed by atoms with Crippen molar-refractivity contribution in [2.75, 3.05) is 0 Å². The molecule has 0 saturated carbocycles. The summed E-state index contributed by atoms with van der Waals surface area (Å²) in [5.41, 5.74) is 5.61. The Morgan fingerprint density at radius 2 is 2.23 bits per heavy atom. The second kappa shape index (κ2) is 6.11. The number of fused-ring (bicyclic) bond motifs is 1. The number of nitrogens with one attached hydrogen (secondary N) is 1. The van der Waals surface area contributed by atoms with Gasteiger partial charge in [-0.3, -0.25) is 4.79 Å². The van der Waals surface area contributed by atoms with Crippen LogP contribution >= 0.6 is 11.3 Å². The highest BCUT2D eigenvalue weighted by atomic mass is 32.1. The number of aromatic nitrogens is 2. The van der Waals surface area contributed by atoms with Crippen molar-refractivity contribution >= 4 is 34.5 Å². The van der Waals surface area contributed by atoms with Crippen molar-refractivity contribution in [1.29, 1.82) is 0 Å². The fourth-order valence-corrected chi connectivity index (χ4v) is 3.00. The van der Waals surface area contributed by atoms with Crippen LogP contribution in [0.25, 0.3) is 11.0 Å². The van der Waals surface area contributed by atoms with E-state index in [0.717, 1.165) is 27.3 Å². The Hall–Kier alpha value is -2.47. The van der Waals surface area contributed by atoms with Crippen LogP contribution in [-0.4, -0.2) is 21.7 Å². The van der Waals surface area contributed by atoms with Crippen LogP contribution in [0.1, 0.15) is 16.3 Å². The zero-order valence-corrected chi connectivity index (χ0v) is 13.2. The molecule has 0 fully saturated rings. The van der Waals surface area contributed by atoms with E-state index in [-0.39, 0.29) is 12.3 Å². The van der Waals surface area contributed by atoms with Crippen LogP contribution in [0.4, 0.5) is 0 Å². The minimum Gasteiger partial charge on any atom is -0.331 e. The molecule has 0 unspecified atom stereocenters. The van der Waals surface area contributed by atoms with Gasteiger partial charge in [0.1, 0.15) is 5.82 Å². The van der Waals surface area contributed by atoms with E-state index in [9.17, 15) is 4.79 Å². The van der Waals surface area contributed by atoms with Gasteiger partial charge in [0.2, 0.25) is 5.91 Å². The Kier molecular flexibility index (Phi) is 4.02. The van der Waals surface area contributed by atoms with Gasteiger partial charge in [-0.2, -0.15) is 5.10 Å². The van der Waals surface area contributed by atoms with Gasteiger partial charge in [-0.1, -0.05) is 12.1 Å². The summed E-state index contributed by atoms with van der Waals surface area (Å²) >= 11 is 1.59. The molecule has 0 spiro atoms. The highest BCUT2D eigenvalue weighted by molar-refractivity contribution is 7.11. The van der Waals surface area contributed by atoms with Crippen LogP contribution < -0.4 is 5.43 Å². The monoisotopic (exact) mass is 312 g/mol. The maximum Gasteiger partial charge on any atom is 0.247 e. The third-order valence-electron chi connectivity index (χ3n) is 3.47. The highest BCUT2D eigenvalue weighted by Gasteiger charge is 2.10. The first-order valence-electron chi connectivity index (χ1n) is 6.91. The van der Waals surface area contributed by atoms with Gasteiger partial charge in [0, 0.05) is 11.9 Å². The number of carbonyl (C=O) groups excluding carboxylic acids is 1. The van der Waals surface area contributed by atoms with E-state index < -0.39 is 0 Å². The molecular weight excluding hydrogens is 296 g/mol. The van der Waals surface area contributed by atoms with E-state index in [1.54, 1.807) is 17.6 Å². The van der Waals surface area contributed by atoms with Gasteiger partial charge in [0.15, 0.2) is 0 Å². The first-order chi connectivity index (χ1) is 10.6. The quantitative estimate of drug-likeness (QED) is 0.595. The van der Waals surface area contributed by atoms with Crippen LogP contribution in [0, 0.1) is 6.92 Å².